The van der Waals surface area contributed by atoms with E-state index in [4.69, 9.17) is 9.90 Å². The lowest BCUT2D eigenvalue weighted by Gasteiger charge is -2.15. The maximum absolute atomic E-state index is 12.2. The van der Waals surface area contributed by atoms with Gasteiger partial charge in [-0.2, -0.15) is 18.3 Å². The van der Waals surface area contributed by atoms with Gasteiger partial charge in [0.15, 0.2) is 5.69 Å². The zero-order chi connectivity index (χ0) is 20.4. The molecule has 3 rings (SSSR count). The predicted molar refractivity (Wildman–Crippen MR) is 92.2 cm³/mol. The largest absolute Gasteiger partial charge is 0.490 e. The molecule has 148 valence electrons. The Bertz CT molecular complexity index is 816. The first-order valence-corrected chi connectivity index (χ1v) is 8.70. The molecule has 0 fully saturated rings. The molecule has 27 heavy (non-hydrogen) atoms. The van der Waals surface area contributed by atoms with Gasteiger partial charge in [0.05, 0.1) is 5.69 Å². The quantitative estimate of drug-likeness (QED) is 0.850. The molecule has 0 radical (unpaired) electrons. The molecule has 1 aliphatic heterocycles. The van der Waals surface area contributed by atoms with Crippen molar-refractivity contribution >= 4 is 23.2 Å². The molecule has 1 amide bonds. The summed E-state index contributed by atoms with van der Waals surface area (Å²) in [6.07, 6.45) is -5.08. The van der Waals surface area contributed by atoms with E-state index in [-0.39, 0.29) is 5.91 Å². The van der Waals surface area contributed by atoms with Crippen LogP contribution in [0.1, 0.15) is 26.6 Å². The summed E-state index contributed by atoms with van der Waals surface area (Å²) < 4.78 is 33.6. The molecular formula is C16H19F3N4O3S. The fourth-order valence-electron chi connectivity index (χ4n) is 2.58. The number of hydrogen-bond acceptors (Lipinski definition) is 5. The molecule has 2 aromatic heterocycles. The zero-order valence-electron chi connectivity index (χ0n) is 14.9. The number of aliphatic carboxylic acids is 1. The van der Waals surface area contributed by atoms with E-state index >= 15 is 0 Å². The lowest BCUT2D eigenvalue weighted by Crippen LogP contribution is -2.24. The topological polar surface area (TPSA) is 78.7 Å². The molecule has 0 aromatic carbocycles. The van der Waals surface area contributed by atoms with E-state index < -0.39 is 12.1 Å². The predicted octanol–water partition coefficient (Wildman–Crippen LogP) is 2.33. The number of carbonyl (C=O) groups excluding carboxylic acids is 1. The Morgan fingerprint density at radius 1 is 1.33 bits per heavy atom. The third kappa shape index (κ3) is 5.07. The second-order valence-electron chi connectivity index (χ2n) is 6.12. The fourth-order valence-corrected chi connectivity index (χ4v) is 3.32. The van der Waals surface area contributed by atoms with Crippen LogP contribution in [0.3, 0.4) is 0 Å². The lowest BCUT2D eigenvalue weighted by molar-refractivity contribution is -0.192. The molecule has 3 heterocycles. The molecule has 11 heteroatoms. The van der Waals surface area contributed by atoms with Gasteiger partial charge in [-0.05, 0) is 11.4 Å². The van der Waals surface area contributed by atoms with Crippen LogP contribution in [0.2, 0.25) is 0 Å². The zero-order valence-corrected chi connectivity index (χ0v) is 15.8. The first-order chi connectivity index (χ1) is 12.5. The average Bonchev–Trinajstić information content (AvgIpc) is 3.26. The number of carboxylic acid groups (broad SMARTS) is 1. The van der Waals surface area contributed by atoms with Crippen molar-refractivity contribution in [2.24, 2.45) is 7.05 Å². The highest BCUT2D eigenvalue weighted by molar-refractivity contribution is 7.09. The van der Waals surface area contributed by atoms with Crippen molar-refractivity contribution in [3.8, 4) is 0 Å². The van der Waals surface area contributed by atoms with Crippen molar-refractivity contribution in [1.82, 2.24) is 19.6 Å². The van der Waals surface area contributed by atoms with Crippen LogP contribution in [0.25, 0.3) is 0 Å². The SMILES string of the molecule is CN(C)C(=O)c1nn(C)c2c1CN(Cc1cccs1)C2.O=C(O)C(F)(F)F. The van der Waals surface area contributed by atoms with E-state index in [2.05, 4.69) is 27.5 Å². The van der Waals surface area contributed by atoms with Gasteiger partial charge in [0.25, 0.3) is 5.91 Å². The Kier molecular flexibility index (Phi) is 6.26. The van der Waals surface area contributed by atoms with Crippen LogP contribution in [-0.4, -0.2) is 56.8 Å². The number of thiophene rings is 1. The number of fused-ring (bicyclic) bond motifs is 1. The van der Waals surface area contributed by atoms with Crippen molar-refractivity contribution in [2.45, 2.75) is 25.8 Å². The summed E-state index contributed by atoms with van der Waals surface area (Å²) in [5.41, 5.74) is 2.84. The van der Waals surface area contributed by atoms with Crippen LogP contribution in [0.5, 0.6) is 0 Å². The summed E-state index contributed by atoms with van der Waals surface area (Å²) in [4.78, 5) is 26.4. The van der Waals surface area contributed by atoms with E-state index in [1.54, 1.807) is 30.3 Å². The third-order valence-corrected chi connectivity index (χ3v) is 4.70. The molecule has 0 atom stereocenters. The number of aryl methyl sites for hydroxylation is 1. The number of alkyl halides is 3. The maximum atomic E-state index is 12.2. The van der Waals surface area contributed by atoms with Gasteiger partial charge in [0.1, 0.15) is 0 Å². The normalized spacial score (nSPS) is 13.7. The van der Waals surface area contributed by atoms with Crippen LogP contribution < -0.4 is 0 Å². The van der Waals surface area contributed by atoms with Gasteiger partial charge in [0, 0.05) is 51.2 Å². The second kappa shape index (κ2) is 8.09. The van der Waals surface area contributed by atoms with E-state index in [1.165, 1.54) is 4.88 Å². The summed E-state index contributed by atoms with van der Waals surface area (Å²) >= 11 is 1.77. The highest BCUT2D eigenvalue weighted by Crippen LogP contribution is 2.28. The maximum Gasteiger partial charge on any atom is 0.490 e. The van der Waals surface area contributed by atoms with E-state index in [9.17, 15) is 18.0 Å². The Morgan fingerprint density at radius 3 is 2.44 bits per heavy atom. The van der Waals surface area contributed by atoms with E-state index in [0.29, 0.717) is 5.69 Å². The monoisotopic (exact) mass is 404 g/mol. The summed E-state index contributed by atoms with van der Waals surface area (Å²) in [6, 6.07) is 4.23. The van der Waals surface area contributed by atoms with E-state index in [1.807, 2.05) is 11.7 Å². The minimum atomic E-state index is -5.08. The molecule has 1 aliphatic rings. The van der Waals surface area contributed by atoms with Crippen LogP contribution in [0.15, 0.2) is 17.5 Å². The van der Waals surface area contributed by atoms with E-state index in [0.717, 1.165) is 30.9 Å². The van der Waals surface area contributed by atoms with Gasteiger partial charge in [-0.3, -0.25) is 14.4 Å². The van der Waals surface area contributed by atoms with Crippen molar-refractivity contribution < 1.29 is 27.9 Å². The van der Waals surface area contributed by atoms with Crippen LogP contribution in [0.4, 0.5) is 13.2 Å². The Labute approximate surface area is 157 Å². The molecule has 1 N–H and O–H groups in total. The molecule has 0 bridgehead atoms. The fraction of sp³-hybridized carbons (Fsp3) is 0.438. The first kappa shape index (κ1) is 20.9. The van der Waals surface area contributed by atoms with Crippen LogP contribution in [0, 0.1) is 0 Å². The molecule has 2 aromatic rings. The Balaban J connectivity index is 0.000000321. The molecule has 7 nitrogen and oxygen atoms in total. The number of aromatic nitrogens is 2. The summed E-state index contributed by atoms with van der Waals surface area (Å²) in [6.45, 7) is 2.59. The average molecular weight is 404 g/mol. The number of rotatable bonds is 3. The summed E-state index contributed by atoms with van der Waals surface area (Å²) in [5, 5.41) is 13.6. The van der Waals surface area contributed by atoms with Crippen molar-refractivity contribution in [2.75, 3.05) is 14.1 Å². The highest BCUT2D eigenvalue weighted by Gasteiger charge is 2.38. The van der Waals surface area contributed by atoms with Crippen LogP contribution in [-0.2, 0) is 31.5 Å². The van der Waals surface area contributed by atoms with Crippen molar-refractivity contribution in [3.63, 3.8) is 0 Å². The molecule has 0 saturated heterocycles. The molecule has 0 aliphatic carbocycles. The van der Waals surface area contributed by atoms with Crippen molar-refractivity contribution in [1.29, 1.82) is 0 Å². The van der Waals surface area contributed by atoms with Crippen molar-refractivity contribution in [3.05, 3.63) is 39.3 Å². The number of carbonyl (C=O) groups is 2. The number of amides is 1. The highest BCUT2D eigenvalue weighted by atomic mass is 32.1. The Morgan fingerprint density at radius 2 is 1.96 bits per heavy atom. The molecule has 0 unspecified atom stereocenters. The Hall–Kier alpha value is -2.40. The van der Waals surface area contributed by atoms with Gasteiger partial charge >= 0.3 is 12.1 Å². The van der Waals surface area contributed by atoms with Gasteiger partial charge in [-0.25, -0.2) is 4.79 Å². The van der Waals surface area contributed by atoms with Gasteiger partial charge in [-0.1, -0.05) is 6.07 Å². The van der Waals surface area contributed by atoms with Crippen LogP contribution >= 0.6 is 11.3 Å². The first-order valence-electron chi connectivity index (χ1n) is 7.82. The van der Waals surface area contributed by atoms with Gasteiger partial charge in [-0.15, -0.1) is 11.3 Å². The number of halogens is 3. The number of carboxylic acids is 1. The second-order valence-corrected chi connectivity index (χ2v) is 7.16. The summed E-state index contributed by atoms with van der Waals surface area (Å²) in [7, 11) is 5.45. The number of nitrogens with zero attached hydrogens (tertiary/aromatic N) is 4. The lowest BCUT2D eigenvalue weighted by atomic mass is 10.2. The standard InChI is InChI=1S/C14H18N4OS.C2HF3O2/c1-16(2)14(19)13-11-8-18(7-10-5-4-6-20-10)9-12(11)17(3)15-13;3-2(4,5)1(6)7/h4-6H,7-9H2,1-3H3;(H,6,7). The number of hydrogen-bond donors (Lipinski definition) is 1. The van der Waals surface area contributed by atoms with Gasteiger partial charge < -0.3 is 10.0 Å². The minimum Gasteiger partial charge on any atom is -0.475 e. The molecule has 0 spiro atoms. The minimum absolute atomic E-state index is 0.0141. The van der Waals surface area contributed by atoms with Gasteiger partial charge in [0.2, 0.25) is 0 Å². The third-order valence-electron chi connectivity index (χ3n) is 3.84. The molecular weight excluding hydrogens is 385 g/mol. The molecule has 0 saturated carbocycles. The summed E-state index contributed by atoms with van der Waals surface area (Å²) in [5.74, 6) is -2.77. The smallest absolute Gasteiger partial charge is 0.475 e.